The summed E-state index contributed by atoms with van der Waals surface area (Å²) in [6.07, 6.45) is 5.40. The Balaban J connectivity index is 0.000000305. The van der Waals surface area contributed by atoms with Crippen molar-refractivity contribution in [2.24, 2.45) is 0 Å². The van der Waals surface area contributed by atoms with Crippen molar-refractivity contribution in [1.82, 2.24) is 28.9 Å². The molecule has 3 heterocycles. The number of nitrogens with two attached hydrogens (primary N) is 1. The number of hydrogen-bond donors (Lipinski definition) is 1. The Morgan fingerprint density at radius 2 is 1.24 bits per heavy atom. The van der Waals surface area contributed by atoms with Gasteiger partial charge >= 0.3 is 5.69 Å². The predicted molar refractivity (Wildman–Crippen MR) is 259 cm³/mol. The van der Waals surface area contributed by atoms with Gasteiger partial charge in [0, 0.05) is 78.1 Å². The number of aromatic nitrogens is 4. The number of anilines is 1. The molecular weight excluding hydrogens is 842 g/mol. The molecule has 2 N–H and O–H groups in total. The van der Waals surface area contributed by atoms with Crippen molar-refractivity contribution in [2.45, 2.75) is 26.3 Å². The Labute approximate surface area is 390 Å². The molecule has 5 rings (SSSR count). The first-order chi connectivity index (χ1) is 32.2. The highest BCUT2D eigenvalue weighted by Gasteiger charge is 2.31. The van der Waals surface area contributed by atoms with Crippen molar-refractivity contribution in [1.29, 1.82) is 0 Å². The third kappa shape index (κ3) is 16.5. The molecule has 1 atom stereocenters. The lowest BCUT2D eigenvalue weighted by atomic mass is 10.2. The molecule has 0 unspecified atom stereocenters. The number of amides is 1. The average Bonchev–Trinajstić information content (AvgIpc) is 3.91. The molecule has 1 aliphatic heterocycles. The first-order valence-corrected chi connectivity index (χ1v) is 19.8. The number of fused-ring (bicyclic) bond motifs is 1. The molecule has 1 saturated heterocycles. The summed E-state index contributed by atoms with van der Waals surface area (Å²) >= 11 is 6.05. The molecule has 0 aliphatic carbocycles. The minimum atomic E-state index is -0.293. The fourth-order valence-corrected chi connectivity index (χ4v) is 5.58. The van der Waals surface area contributed by atoms with E-state index >= 15 is 0 Å². The number of ether oxygens (including phenoxy) is 1. The molecule has 10 nitrogen and oxygen atoms in total. The van der Waals surface area contributed by atoms with Crippen LogP contribution in [0.4, 0.5) is 5.82 Å². The van der Waals surface area contributed by atoms with Crippen LogP contribution in [-0.4, -0.2) is 68.5 Å². The van der Waals surface area contributed by atoms with E-state index in [2.05, 4.69) is 164 Å². The van der Waals surface area contributed by atoms with Crippen LogP contribution < -0.4 is 16.2 Å². The predicted octanol–water partition coefficient (Wildman–Crippen LogP) is 4.57. The van der Waals surface area contributed by atoms with Gasteiger partial charge in [0.05, 0.1) is 11.7 Å². The van der Waals surface area contributed by atoms with Crippen LogP contribution >= 0.6 is 11.6 Å². The van der Waals surface area contributed by atoms with Gasteiger partial charge in [-0.1, -0.05) is 35.6 Å². The van der Waals surface area contributed by atoms with Gasteiger partial charge in [0.25, 0.3) is 0 Å². The zero-order valence-corrected chi connectivity index (χ0v) is 36.9. The maximum atomic E-state index is 13.8. The first kappa shape index (κ1) is 48.8. The Kier molecular flexibility index (Phi) is 20.6. The Bertz CT molecular complexity index is 3350. The van der Waals surface area contributed by atoms with E-state index in [0.29, 0.717) is 59.4 Å². The van der Waals surface area contributed by atoms with Gasteiger partial charge < -0.3 is 20.3 Å². The maximum Gasteiger partial charge on any atom is 0.335 e. The molecule has 0 bridgehead atoms. The number of carbonyl (C=O) groups excluding carboxylic acids is 1. The summed E-state index contributed by atoms with van der Waals surface area (Å²) in [5, 5.41) is 0.575. The van der Waals surface area contributed by atoms with Gasteiger partial charge in [-0.2, -0.15) is 0 Å². The Morgan fingerprint density at radius 1 is 0.742 bits per heavy atom. The molecular formula is C55H34ClN7O3. The second-order valence-corrected chi connectivity index (χ2v) is 13.3. The van der Waals surface area contributed by atoms with Crippen molar-refractivity contribution in [3.63, 3.8) is 0 Å². The lowest BCUT2D eigenvalue weighted by molar-refractivity contribution is -0.125. The normalized spacial score (nSPS) is 10.7. The van der Waals surface area contributed by atoms with Crippen molar-refractivity contribution >= 4 is 34.5 Å². The third-order valence-electron chi connectivity index (χ3n) is 8.07. The number of nitrogen functional groups attached to an aromatic ring is 1. The van der Waals surface area contributed by atoms with E-state index in [1.165, 1.54) is 10.9 Å². The zero-order chi connectivity index (χ0) is 47.2. The molecule has 0 spiro atoms. The Hall–Kier alpha value is -9.87. The van der Waals surface area contributed by atoms with Crippen molar-refractivity contribution < 1.29 is 9.53 Å². The van der Waals surface area contributed by atoms with Crippen LogP contribution in [0.15, 0.2) is 71.8 Å². The summed E-state index contributed by atoms with van der Waals surface area (Å²) < 4.78 is 9.02. The van der Waals surface area contributed by atoms with Crippen LogP contribution in [0.1, 0.15) is 26.3 Å². The zero-order valence-electron chi connectivity index (χ0n) is 36.1. The minimum Gasteiger partial charge on any atom is -0.457 e. The number of imidazole rings is 1. The number of rotatable bonds is 7. The number of hydrogen-bond acceptors (Lipinski definition) is 7. The molecule has 1 amide bonds. The van der Waals surface area contributed by atoms with E-state index in [-0.39, 0.29) is 23.5 Å². The fourth-order valence-electron chi connectivity index (χ4n) is 5.40. The molecule has 1 fully saturated rings. The summed E-state index contributed by atoms with van der Waals surface area (Å²) in [7, 11) is 3.88. The second-order valence-electron chi connectivity index (χ2n) is 12.9. The highest BCUT2D eigenvalue weighted by Crippen LogP contribution is 2.29. The highest BCUT2D eigenvalue weighted by molar-refractivity contribution is 6.30. The first-order valence-electron chi connectivity index (χ1n) is 19.4. The van der Waals surface area contributed by atoms with Gasteiger partial charge in [-0.05, 0) is 172 Å². The Morgan fingerprint density at radius 3 is 1.71 bits per heavy atom. The number of carbonyl (C=O) groups is 1. The van der Waals surface area contributed by atoms with Crippen LogP contribution in [-0.2, 0) is 4.79 Å². The highest BCUT2D eigenvalue weighted by atomic mass is 35.5. The molecule has 66 heavy (non-hydrogen) atoms. The van der Waals surface area contributed by atoms with Gasteiger partial charge in [-0.15, -0.1) is 0 Å². The molecule has 11 heteroatoms. The average molecular weight is 876 g/mol. The quantitative estimate of drug-likeness (QED) is 0.214. The topological polar surface area (TPSA) is 112 Å². The van der Waals surface area contributed by atoms with E-state index < -0.39 is 0 Å². The number of likely N-dealkylation sites (tertiary alicyclic amines) is 1. The SMILES string of the molecule is CC#CC#CC#CC#CC#CC#CC#CC#CC#CC#CC#CC#CC#CC.CN(C)C/C=C/C(=O)N1CC[C@@H](n2c(=O)n(-c3ccc(Oc4cccc(Cl)c4)cc3)c3c(N)ncnc32)C1. The van der Waals surface area contributed by atoms with E-state index in [9.17, 15) is 9.59 Å². The second kappa shape index (κ2) is 27.9. The summed E-state index contributed by atoms with van der Waals surface area (Å²) in [4.78, 5) is 38.7. The fraction of sp³-hybridized carbons (Fsp3) is 0.164. The maximum absolute atomic E-state index is 13.8. The van der Waals surface area contributed by atoms with E-state index in [1.807, 2.05) is 31.1 Å². The molecule has 0 radical (unpaired) electrons. The van der Waals surface area contributed by atoms with Crippen LogP contribution in [0.5, 0.6) is 11.5 Å². The molecule has 1 aliphatic rings. The van der Waals surface area contributed by atoms with Gasteiger partial charge in [0.2, 0.25) is 5.91 Å². The molecule has 2 aromatic carbocycles. The number of nitrogens with zero attached hydrogens (tertiary/aromatic N) is 6. The number of likely N-dealkylation sites (N-methyl/N-ethyl adjacent to an activating group) is 1. The van der Waals surface area contributed by atoms with Crippen molar-refractivity contribution in [3.05, 3.63) is 82.5 Å². The molecule has 4 aromatic rings. The van der Waals surface area contributed by atoms with Crippen LogP contribution in [0.3, 0.4) is 0 Å². The third-order valence-corrected chi connectivity index (χ3v) is 8.30. The number of halogens is 1. The number of benzene rings is 2. The monoisotopic (exact) mass is 875 g/mol. The summed E-state index contributed by atoms with van der Waals surface area (Å²) in [6.45, 7) is 5.02. The van der Waals surface area contributed by atoms with Crippen LogP contribution in [0.25, 0.3) is 16.9 Å². The molecule has 2 aromatic heterocycles. The lowest BCUT2D eigenvalue weighted by Crippen LogP contribution is -2.31. The van der Waals surface area contributed by atoms with Gasteiger partial charge in [-0.3, -0.25) is 13.9 Å². The van der Waals surface area contributed by atoms with E-state index in [1.54, 1.807) is 71.9 Å². The standard InChI is InChI=1S/C28H6.C27H28ClN7O3/c1-3-5-7-9-11-13-15-17-19-21-23-25-27-28-26-24-22-20-18-16-14-12-10-8-6-4-2;1-32(2)13-4-7-23(36)33-14-12-20(16-33)35-26-24(25(29)30-17-31-26)34(27(35)37)19-8-10-21(11-9-19)38-22-6-3-5-18(28)15-22/h1-2H3;3-11,15,17,20H,12-14,16H2,1-2H3,(H2,29,30,31)/b;7-4+/t;20-/m.1/s1. The van der Waals surface area contributed by atoms with E-state index in [0.717, 1.165) is 0 Å². The van der Waals surface area contributed by atoms with Crippen molar-refractivity contribution in [2.75, 3.05) is 39.5 Å². The summed E-state index contributed by atoms with van der Waals surface area (Å²) in [5.74, 6) is 66.9. The van der Waals surface area contributed by atoms with Gasteiger partial charge in [-0.25, -0.2) is 14.8 Å². The minimum absolute atomic E-state index is 0.0735. The summed E-state index contributed by atoms with van der Waals surface area (Å²) in [6, 6.07) is 14.0. The summed E-state index contributed by atoms with van der Waals surface area (Å²) in [5.41, 5.74) is 7.40. The van der Waals surface area contributed by atoms with Gasteiger partial charge in [0.1, 0.15) is 23.3 Å². The molecule has 314 valence electrons. The van der Waals surface area contributed by atoms with Crippen LogP contribution in [0.2, 0.25) is 5.02 Å². The molecule has 0 saturated carbocycles. The lowest BCUT2D eigenvalue weighted by Gasteiger charge is -2.15. The van der Waals surface area contributed by atoms with Crippen molar-refractivity contribution in [3.8, 4) is 171 Å². The largest absolute Gasteiger partial charge is 0.457 e. The van der Waals surface area contributed by atoms with Gasteiger partial charge in [0.15, 0.2) is 11.5 Å². The smallest absolute Gasteiger partial charge is 0.335 e. The van der Waals surface area contributed by atoms with Crippen LogP contribution in [0, 0.1) is 154 Å². The van der Waals surface area contributed by atoms with E-state index in [4.69, 9.17) is 22.1 Å².